The van der Waals surface area contributed by atoms with Gasteiger partial charge in [0, 0.05) is 21.4 Å². The number of aryl methyl sites for hydroxylation is 1. The maximum atomic E-state index is 11.5. The van der Waals surface area contributed by atoms with Crippen molar-refractivity contribution in [2.45, 2.75) is 56.8 Å². The van der Waals surface area contributed by atoms with Gasteiger partial charge in [0.25, 0.3) is 20.2 Å². The first kappa shape index (κ1) is 40.5. The quantitative estimate of drug-likeness (QED) is 0.0869. The van der Waals surface area contributed by atoms with E-state index in [0.717, 1.165) is 64.7 Å². The minimum absolute atomic E-state index is 0.0814. The Labute approximate surface area is 308 Å². The highest BCUT2D eigenvalue weighted by Gasteiger charge is 2.44. The van der Waals surface area contributed by atoms with Crippen molar-refractivity contribution >= 4 is 72.6 Å². The molecule has 10 nitrogen and oxygen atoms in total. The van der Waals surface area contributed by atoms with Crippen LogP contribution in [0.4, 0.5) is 0 Å². The van der Waals surface area contributed by atoms with Gasteiger partial charge in [-0.2, -0.15) is 28.6 Å². The topological polar surface area (TPSA) is 179 Å². The highest BCUT2D eigenvalue weighted by molar-refractivity contribution is 7.99. The van der Waals surface area contributed by atoms with Gasteiger partial charge in [-0.25, -0.2) is 4.98 Å². The Morgan fingerprint density at radius 1 is 0.941 bits per heavy atom. The first-order chi connectivity index (χ1) is 23.8. The number of hydrogen-bond acceptors (Lipinski definition) is 8. The zero-order valence-electron chi connectivity index (χ0n) is 28.3. The Morgan fingerprint density at radius 2 is 1.61 bits per heavy atom. The molecule has 0 saturated heterocycles. The van der Waals surface area contributed by atoms with E-state index in [0.29, 0.717) is 5.02 Å². The van der Waals surface area contributed by atoms with Crippen molar-refractivity contribution in [3.05, 3.63) is 112 Å². The van der Waals surface area contributed by atoms with Gasteiger partial charge in [-0.1, -0.05) is 78.3 Å². The van der Waals surface area contributed by atoms with Crippen molar-refractivity contribution < 1.29 is 40.9 Å². The fraction of sp³-hybridized carbons (Fsp3) is 0.351. The molecule has 4 aromatic rings. The van der Waals surface area contributed by atoms with Gasteiger partial charge in [0.15, 0.2) is 0 Å². The molecule has 274 valence electrons. The lowest BCUT2D eigenvalue weighted by Crippen LogP contribution is -2.18. The highest BCUT2D eigenvalue weighted by Crippen LogP contribution is 2.53. The van der Waals surface area contributed by atoms with Crippen molar-refractivity contribution in [2.75, 3.05) is 17.3 Å². The van der Waals surface area contributed by atoms with Gasteiger partial charge in [-0.05, 0) is 91.5 Å². The summed E-state index contributed by atoms with van der Waals surface area (Å²) >= 11 is 8.04. The molecule has 51 heavy (non-hydrogen) atoms. The molecular formula is C37H42ClNO9S3. The Hall–Kier alpha value is -3.30. The molecule has 0 radical (unpaired) electrons. The maximum Gasteiger partial charge on any atom is 0.303 e. The molecule has 1 fully saturated rings. The summed E-state index contributed by atoms with van der Waals surface area (Å²) in [7, 11) is -8.59. The monoisotopic (exact) mass is 775 g/mol. The van der Waals surface area contributed by atoms with E-state index in [9.17, 15) is 31.8 Å². The zero-order chi connectivity index (χ0) is 37.5. The molecule has 1 atom stereocenters. The number of hydrogen-bond donors (Lipinski definition) is 4. The van der Waals surface area contributed by atoms with E-state index in [4.69, 9.17) is 25.7 Å². The molecule has 1 aliphatic rings. The molecule has 0 amide bonds. The van der Waals surface area contributed by atoms with Crippen LogP contribution in [0.25, 0.3) is 23.1 Å². The number of thioether (sulfide) groups is 1. The Kier molecular flexibility index (Phi) is 13.5. The van der Waals surface area contributed by atoms with Crippen LogP contribution in [0.2, 0.25) is 5.02 Å². The third-order valence-corrected chi connectivity index (χ3v) is 12.1. The number of aliphatic carboxylic acids is 1. The molecule has 3 aromatic carbocycles. The molecule has 0 aliphatic heterocycles. The van der Waals surface area contributed by atoms with Gasteiger partial charge in [0.2, 0.25) is 0 Å². The number of pyridine rings is 1. The standard InChI is InChI=1S/C35H36ClNO3S.C2H6O6S2/c1-34(2,40)30-9-4-3-7-25(30)13-17-32(41-23-35(18-19-35)22-33(38)39)27-8-5-6-24(20-27)10-15-29-16-12-26-11-14-28(36)21-31(26)37-29;3-9(4,5)1-2-10(6,7)8/h3-12,14-16,20-21,32,40H,13,17-19,22-23H2,1-2H3,(H,38,39);1-2H2,(H,3,4,5)(H,6,7,8)/b15-10+;/t32-;/m1./s1. The molecule has 1 aromatic heterocycles. The second-order valence-corrected chi connectivity index (χ2v) is 18.0. The Bertz CT molecular complexity index is 2060. The van der Waals surface area contributed by atoms with Crippen LogP contribution < -0.4 is 0 Å². The van der Waals surface area contributed by atoms with Gasteiger partial charge < -0.3 is 10.2 Å². The number of carbonyl (C=O) groups is 1. The molecular weight excluding hydrogens is 734 g/mol. The largest absolute Gasteiger partial charge is 0.481 e. The number of aliphatic hydroxyl groups is 1. The van der Waals surface area contributed by atoms with Crippen molar-refractivity contribution in [3.63, 3.8) is 0 Å². The number of benzene rings is 3. The maximum absolute atomic E-state index is 11.5. The van der Waals surface area contributed by atoms with E-state index in [2.05, 4.69) is 42.5 Å². The molecule has 1 saturated carbocycles. The lowest BCUT2D eigenvalue weighted by molar-refractivity contribution is -0.138. The normalized spacial score (nSPS) is 14.9. The van der Waals surface area contributed by atoms with E-state index < -0.39 is 43.3 Å². The van der Waals surface area contributed by atoms with Gasteiger partial charge in [-0.15, -0.1) is 0 Å². The summed E-state index contributed by atoms with van der Waals surface area (Å²) in [5.74, 6) is -1.84. The predicted octanol–water partition coefficient (Wildman–Crippen LogP) is 7.71. The van der Waals surface area contributed by atoms with Gasteiger partial charge in [0.1, 0.15) is 0 Å². The first-order valence-electron chi connectivity index (χ1n) is 16.2. The van der Waals surface area contributed by atoms with Crippen LogP contribution in [0.15, 0.2) is 78.9 Å². The van der Waals surface area contributed by atoms with Crippen LogP contribution in [0.1, 0.15) is 72.7 Å². The van der Waals surface area contributed by atoms with Gasteiger partial charge >= 0.3 is 5.97 Å². The summed E-state index contributed by atoms with van der Waals surface area (Å²) in [6.07, 6.45) is 8.02. The van der Waals surface area contributed by atoms with E-state index in [-0.39, 0.29) is 17.1 Å². The first-order valence-corrected chi connectivity index (χ1v) is 20.8. The van der Waals surface area contributed by atoms with Crippen molar-refractivity contribution in [2.24, 2.45) is 5.41 Å². The van der Waals surface area contributed by atoms with Crippen LogP contribution in [0, 0.1) is 5.41 Å². The smallest absolute Gasteiger partial charge is 0.303 e. The molecule has 1 heterocycles. The molecule has 0 spiro atoms. The molecule has 4 N–H and O–H groups in total. The second-order valence-electron chi connectivity index (χ2n) is 13.3. The van der Waals surface area contributed by atoms with Crippen molar-refractivity contribution in [1.29, 1.82) is 0 Å². The number of aromatic nitrogens is 1. The third-order valence-electron chi connectivity index (χ3n) is 8.43. The summed E-state index contributed by atoms with van der Waals surface area (Å²) in [5.41, 5.74) is 5.15. The van der Waals surface area contributed by atoms with E-state index >= 15 is 0 Å². The number of carboxylic acids is 1. The van der Waals surface area contributed by atoms with Crippen LogP contribution >= 0.6 is 23.4 Å². The van der Waals surface area contributed by atoms with Gasteiger partial charge in [-0.3, -0.25) is 13.9 Å². The highest BCUT2D eigenvalue weighted by atomic mass is 35.5. The van der Waals surface area contributed by atoms with Crippen LogP contribution in [0.5, 0.6) is 0 Å². The molecule has 0 unspecified atom stereocenters. The minimum Gasteiger partial charge on any atom is -0.481 e. The summed E-state index contributed by atoms with van der Waals surface area (Å²) in [6.45, 7) is 3.66. The SMILES string of the molecule is CC(C)(O)c1ccccc1CC[C@@H](SCC1(CC(=O)O)CC1)c1cccc(/C=C/c2ccc3ccc(Cl)cc3n2)c1.O=S(=O)(O)CCS(=O)(=O)O. The predicted molar refractivity (Wildman–Crippen MR) is 204 cm³/mol. The van der Waals surface area contributed by atoms with E-state index in [1.165, 1.54) is 5.56 Å². The van der Waals surface area contributed by atoms with Crippen molar-refractivity contribution in [3.8, 4) is 0 Å². The van der Waals surface area contributed by atoms with Crippen LogP contribution in [-0.4, -0.2) is 64.4 Å². The molecule has 1 aliphatic carbocycles. The zero-order valence-corrected chi connectivity index (χ0v) is 31.5. The fourth-order valence-corrected chi connectivity index (χ4v) is 8.99. The number of nitrogens with zero attached hydrogens (tertiary/aromatic N) is 1. The summed E-state index contributed by atoms with van der Waals surface area (Å²) < 4.78 is 55.4. The number of rotatable bonds is 15. The van der Waals surface area contributed by atoms with Gasteiger partial charge in [0.05, 0.1) is 34.7 Å². The lowest BCUT2D eigenvalue weighted by atomic mass is 9.90. The summed E-state index contributed by atoms with van der Waals surface area (Å²) in [5, 5.41) is 22.1. The summed E-state index contributed by atoms with van der Waals surface area (Å²) in [4.78, 5) is 16.2. The van der Waals surface area contributed by atoms with E-state index in [1.807, 2.05) is 74.1 Å². The average molecular weight is 776 g/mol. The molecule has 14 heteroatoms. The number of halogens is 1. The summed E-state index contributed by atoms with van der Waals surface area (Å²) in [6, 6.07) is 26.5. The van der Waals surface area contributed by atoms with Crippen LogP contribution in [-0.2, 0) is 37.1 Å². The average Bonchev–Trinajstić information content (AvgIpc) is 3.80. The Balaban J connectivity index is 0.000000510. The van der Waals surface area contributed by atoms with Crippen LogP contribution in [0.3, 0.4) is 0 Å². The lowest BCUT2D eigenvalue weighted by Gasteiger charge is -2.24. The fourth-order valence-electron chi connectivity index (χ4n) is 5.57. The minimum atomic E-state index is -4.30. The Morgan fingerprint density at radius 3 is 2.24 bits per heavy atom. The molecule has 5 rings (SSSR count). The molecule has 0 bridgehead atoms. The number of fused-ring (bicyclic) bond motifs is 1. The second kappa shape index (κ2) is 17.0. The number of carboxylic acid groups (broad SMARTS) is 1. The van der Waals surface area contributed by atoms with Crippen molar-refractivity contribution in [1.82, 2.24) is 4.98 Å². The third kappa shape index (κ3) is 13.6. The van der Waals surface area contributed by atoms with E-state index in [1.54, 1.807) is 0 Å².